The zero-order valence-electron chi connectivity index (χ0n) is 19.9. The van der Waals surface area contributed by atoms with Gasteiger partial charge in [0.15, 0.2) is 0 Å². The van der Waals surface area contributed by atoms with Crippen LogP contribution < -0.4 is 10.6 Å². The van der Waals surface area contributed by atoms with E-state index >= 15 is 0 Å². The van der Waals surface area contributed by atoms with Crippen LogP contribution in [0.4, 0.5) is 32.4 Å². The molecule has 0 saturated heterocycles. The Balaban J connectivity index is 1.94. The first-order valence-electron chi connectivity index (χ1n) is 11.3. The van der Waals surface area contributed by atoms with Gasteiger partial charge in [-0.3, -0.25) is 4.98 Å². The number of rotatable bonds is 6. The van der Waals surface area contributed by atoms with Gasteiger partial charge in [-0.15, -0.1) is 0 Å². The highest BCUT2D eigenvalue weighted by Gasteiger charge is 2.41. The summed E-state index contributed by atoms with van der Waals surface area (Å²) >= 11 is 6.00. The van der Waals surface area contributed by atoms with Crippen molar-refractivity contribution in [2.75, 3.05) is 5.32 Å². The minimum atomic E-state index is -4.90. The fraction of sp³-hybridized carbons (Fsp3) is 0.107. The Morgan fingerprint density at radius 3 is 2.33 bits per heavy atom. The SMILES string of the molecule is N#Cc1cccc(C[C@](NC(=O)Nc2cccc(F)c2)(c2cc(F)cc(C(F)(F)F)c2)c2ccc(Cl)cn2)c1. The predicted octanol–water partition coefficient (Wildman–Crippen LogP) is 7.21. The van der Waals surface area contributed by atoms with Crippen molar-refractivity contribution < 1.29 is 26.7 Å². The molecule has 11 heteroatoms. The molecule has 1 heterocycles. The molecule has 0 fully saturated rings. The van der Waals surface area contributed by atoms with Crippen LogP contribution in [0.25, 0.3) is 0 Å². The van der Waals surface area contributed by atoms with Gasteiger partial charge in [-0.25, -0.2) is 13.6 Å². The first-order valence-corrected chi connectivity index (χ1v) is 11.7. The van der Waals surface area contributed by atoms with Crippen molar-refractivity contribution in [3.05, 3.63) is 130 Å². The number of anilines is 1. The van der Waals surface area contributed by atoms with Gasteiger partial charge in [0, 0.05) is 18.3 Å². The van der Waals surface area contributed by atoms with Gasteiger partial charge in [0.05, 0.1) is 27.9 Å². The highest BCUT2D eigenvalue weighted by Crippen LogP contribution is 2.38. The van der Waals surface area contributed by atoms with Crippen LogP contribution in [-0.4, -0.2) is 11.0 Å². The lowest BCUT2D eigenvalue weighted by Crippen LogP contribution is -2.50. The fourth-order valence-corrected chi connectivity index (χ4v) is 4.24. The molecule has 4 rings (SSSR count). The lowest BCUT2D eigenvalue weighted by molar-refractivity contribution is -0.137. The minimum Gasteiger partial charge on any atom is -0.322 e. The normalized spacial score (nSPS) is 12.7. The van der Waals surface area contributed by atoms with E-state index in [0.717, 1.165) is 18.2 Å². The summed E-state index contributed by atoms with van der Waals surface area (Å²) in [5.74, 6) is -1.83. The largest absolute Gasteiger partial charge is 0.416 e. The van der Waals surface area contributed by atoms with Crippen molar-refractivity contribution in [2.45, 2.75) is 18.1 Å². The topological polar surface area (TPSA) is 77.8 Å². The van der Waals surface area contributed by atoms with E-state index in [2.05, 4.69) is 15.6 Å². The molecule has 2 amide bonds. The number of nitriles is 1. The van der Waals surface area contributed by atoms with Gasteiger partial charge in [-0.2, -0.15) is 18.4 Å². The molecule has 0 aliphatic carbocycles. The molecule has 0 saturated carbocycles. The van der Waals surface area contributed by atoms with E-state index in [0.29, 0.717) is 11.6 Å². The average Bonchev–Trinajstić information content (AvgIpc) is 2.88. The van der Waals surface area contributed by atoms with Crippen molar-refractivity contribution in [3.8, 4) is 6.07 Å². The van der Waals surface area contributed by atoms with E-state index in [-0.39, 0.29) is 34.0 Å². The van der Waals surface area contributed by atoms with Crippen LogP contribution >= 0.6 is 11.6 Å². The molecule has 198 valence electrons. The first kappa shape index (κ1) is 27.5. The second-order valence-corrected chi connectivity index (χ2v) is 9.01. The van der Waals surface area contributed by atoms with Crippen molar-refractivity contribution >= 4 is 23.3 Å². The Morgan fingerprint density at radius 2 is 1.67 bits per heavy atom. The van der Waals surface area contributed by atoms with Crippen LogP contribution in [0.3, 0.4) is 0 Å². The van der Waals surface area contributed by atoms with Gasteiger partial charge < -0.3 is 10.6 Å². The third kappa shape index (κ3) is 6.51. The van der Waals surface area contributed by atoms with E-state index < -0.39 is 34.9 Å². The summed E-state index contributed by atoms with van der Waals surface area (Å²) in [7, 11) is 0. The maximum Gasteiger partial charge on any atom is 0.416 e. The molecule has 0 radical (unpaired) electrons. The number of hydrogen-bond donors (Lipinski definition) is 2. The Hall–Kier alpha value is -4.49. The summed E-state index contributed by atoms with van der Waals surface area (Å²) < 4.78 is 69.6. The molecule has 2 N–H and O–H groups in total. The van der Waals surface area contributed by atoms with Crippen LogP contribution in [0.1, 0.15) is 27.9 Å². The Kier molecular flexibility index (Phi) is 7.83. The summed E-state index contributed by atoms with van der Waals surface area (Å²) in [4.78, 5) is 17.5. The third-order valence-electron chi connectivity index (χ3n) is 5.82. The van der Waals surface area contributed by atoms with Crippen LogP contribution in [0.5, 0.6) is 0 Å². The van der Waals surface area contributed by atoms with E-state index in [4.69, 9.17) is 11.6 Å². The maximum absolute atomic E-state index is 14.7. The van der Waals surface area contributed by atoms with Crippen molar-refractivity contribution in [2.24, 2.45) is 0 Å². The van der Waals surface area contributed by atoms with Gasteiger partial charge >= 0.3 is 12.2 Å². The number of carbonyl (C=O) groups is 1. The number of alkyl halides is 3. The molecule has 0 aliphatic rings. The lowest BCUT2D eigenvalue weighted by atomic mass is 9.79. The zero-order valence-corrected chi connectivity index (χ0v) is 20.6. The van der Waals surface area contributed by atoms with Gasteiger partial charge in [-0.05, 0) is 71.8 Å². The Morgan fingerprint density at radius 1 is 0.923 bits per heavy atom. The number of nitrogens with zero attached hydrogens (tertiary/aromatic N) is 2. The summed E-state index contributed by atoms with van der Waals surface area (Å²) in [5.41, 5.74) is -2.69. The summed E-state index contributed by atoms with van der Waals surface area (Å²) in [6.45, 7) is 0. The number of aromatic nitrogens is 1. The smallest absolute Gasteiger partial charge is 0.322 e. The van der Waals surface area contributed by atoms with E-state index in [1.54, 1.807) is 12.1 Å². The predicted molar refractivity (Wildman–Crippen MR) is 135 cm³/mol. The monoisotopic (exact) mass is 556 g/mol. The Labute approximate surface area is 224 Å². The van der Waals surface area contributed by atoms with Gasteiger partial charge in [0.25, 0.3) is 0 Å². The summed E-state index contributed by atoms with van der Waals surface area (Å²) in [6, 6.07) is 16.9. The van der Waals surface area contributed by atoms with E-state index in [9.17, 15) is 32.0 Å². The molecule has 1 atom stereocenters. The molecular formula is C28H18ClF5N4O. The highest BCUT2D eigenvalue weighted by atomic mass is 35.5. The standard InChI is InChI=1S/C28H18ClF5N4O/c29-21-7-8-25(36-16-21)27(14-17-3-1-4-18(9-17)15-35,19-10-20(28(32,33)34)12-23(31)11-19)38-26(39)37-24-6-2-5-22(30)13-24/h1-13,16H,14H2,(H2,37,38,39)/t27-/m0/s1. The van der Waals surface area contributed by atoms with E-state index in [1.807, 2.05) is 6.07 Å². The molecule has 1 aromatic heterocycles. The summed E-state index contributed by atoms with van der Waals surface area (Å²) in [6.07, 6.45) is -3.91. The quantitative estimate of drug-likeness (QED) is 0.246. The number of halogens is 6. The number of urea groups is 1. The van der Waals surface area contributed by atoms with Crippen LogP contribution in [0, 0.1) is 23.0 Å². The van der Waals surface area contributed by atoms with Crippen molar-refractivity contribution in [3.63, 3.8) is 0 Å². The number of hydrogen-bond acceptors (Lipinski definition) is 3. The van der Waals surface area contributed by atoms with Gasteiger partial charge in [-0.1, -0.05) is 29.8 Å². The molecule has 0 spiro atoms. The van der Waals surface area contributed by atoms with Crippen molar-refractivity contribution in [1.82, 2.24) is 10.3 Å². The minimum absolute atomic E-state index is 0.0300. The number of nitrogens with one attached hydrogen (secondary N) is 2. The first-order chi connectivity index (χ1) is 18.5. The highest BCUT2D eigenvalue weighted by molar-refractivity contribution is 6.30. The fourth-order valence-electron chi connectivity index (χ4n) is 4.13. The zero-order chi connectivity index (χ0) is 28.2. The number of carbonyl (C=O) groups excluding carboxylic acids is 1. The van der Waals surface area contributed by atoms with E-state index in [1.165, 1.54) is 48.7 Å². The third-order valence-corrected chi connectivity index (χ3v) is 6.04. The second-order valence-electron chi connectivity index (χ2n) is 8.57. The molecule has 5 nitrogen and oxygen atoms in total. The molecule has 4 aromatic rings. The second kappa shape index (κ2) is 11.1. The van der Waals surface area contributed by atoms with Crippen LogP contribution in [0.15, 0.2) is 85.1 Å². The van der Waals surface area contributed by atoms with Gasteiger partial charge in [0.2, 0.25) is 0 Å². The molecule has 0 aliphatic heterocycles. The van der Waals surface area contributed by atoms with Crippen LogP contribution in [0.2, 0.25) is 5.02 Å². The molecule has 3 aromatic carbocycles. The maximum atomic E-state index is 14.7. The molecule has 0 bridgehead atoms. The number of amides is 2. The molecule has 39 heavy (non-hydrogen) atoms. The van der Waals surface area contributed by atoms with Gasteiger partial charge in [0.1, 0.15) is 17.2 Å². The Bertz CT molecular complexity index is 1550. The average molecular weight is 557 g/mol. The summed E-state index contributed by atoms with van der Waals surface area (Å²) in [5, 5.41) is 14.7. The lowest BCUT2D eigenvalue weighted by Gasteiger charge is -2.36. The van der Waals surface area contributed by atoms with Crippen molar-refractivity contribution in [1.29, 1.82) is 5.26 Å². The molecular weight excluding hydrogens is 539 g/mol. The van der Waals surface area contributed by atoms with Crippen LogP contribution in [-0.2, 0) is 18.1 Å². The number of pyridine rings is 1. The molecule has 0 unspecified atom stereocenters. The number of benzene rings is 3.